The Morgan fingerprint density at radius 2 is 2.13 bits per heavy atom. The summed E-state index contributed by atoms with van der Waals surface area (Å²) >= 11 is 0. The molecule has 0 amide bonds. The lowest BCUT2D eigenvalue weighted by atomic mass is 10.2. The van der Waals surface area contributed by atoms with Crippen molar-refractivity contribution in [2.45, 2.75) is 12.6 Å². The molecule has 0 spiro atoms. The van der Waals surface area contributed by atoms with E-state index in [-0.39, 0.29) is 17.6 Å². The fraction of sp³-hybridized carbons (Fsp3) is 0.400. The van der Waals surface area contributed by atoms with E-state index in [0.717, 1.165) is 5.56 Å². The van der Waals surface area contributed by atoms with Gasteiger partial charge in [-0.1, -0.05) is 12.1 Å². The molecule has 2 N–H and O–H groups in total. The van der Waals surface area contributed by atoms with E-state index in [1.807, 2.05) is 24.3 Å². The summed E-state index contributed by atoms with van der Waals surface area (Å²) in [6.07, 6.45) is -0.192. The Balaban J connectivity index is 2.00. The van der Waals surface area contributed by atoms with Crippen LogP contribution >= 0.6 is 0 Å². The molecular weight excluding hydrogens is 214 g/mol. The van der Waals surface area contributed by atoms with E-state index in [1.165, 1.54) is 0 Å². The van der Waals surface area contributed by atoms with Gasteiger partial charge >= 0.3 is 0 Å². The molecule has 2 rings (SSSR count). The average molecular weight is 227 g/mol. The lowest BCUT2D eigenvalue weighted by molar-refractivity contribution is 0.230. The highest BCUT2D eigenvalue weighted by atomic mass is 32.2. The van der Waals surface area contributed by atoms with Gasteiger partial charge in [0.05, 0.1) is 11.5 Å². The molecule has 0 radical (unpaired) electrons. The Morgan fingerprint density at radius 3 is 2.73 bits per heavy atom. The normalized spacial score (nSPS) is 19.5. The maximum absolute atomic E-state index is 10.9. The molecule has 0 aromatic heterocycles. The second-order valence-electron chi connectivity index (χ2n) is 3.67. The highest BCUT2D eigenvalue weighted by Crippen LogP contribution is 2.20. The zero-order chi connectivity index (χ0) is 10.9. The largest absolute Gasteiger partial charge is 0.488 e. The van der Waals surface area contributed by atoms with Crippen molar-refractivity contribution in [3.8, 4) is 5.75 Å². The standard InChI is InChI=1S/C10H13NO3S/c11-5-8-2-1-3-9(4-8)14-10-6-15(12,13)7-10/h1-4,10H,5-7,11H2. The van der Waals surface area contributed by atoms with E-state index in [9.17, 15) is 8.42 Å². The molecule has 0 atom stereocenters. The minimum atomic E-state index is -2.82. The molecule has 0 unspecified atom stereocenters. The van der Waals surface area contributed by atoms with Crippen LogP contribution in [0.2, 0.25) is 0 Å². The molecule has 1 saturated heterocycles. The molecule has 82 valence electrons. The number of ether oxygens (including phenoxy) is 1. The number of hydrogen-bond acceptors (Lipinski definition) is 4. The Hall–Kier alpha value is -1.07. The van der Waals surface area contributed by atoms with Gasteiger partial charge in [0, 0.05) is 6.54 Å². The predicted molar refractivity (Wildman–Crippen MR) is 57.4 cm³/mol. The van der Waals surface area contributed by atoms with Crippen LogP contribution in [-0.4, -0.2) is 26.0 Å². The minimum absolute atomic E-state index is 0.125. The van der Waals surface area contributed by atoms with Crippen LogP contribution in [-0.2, 0) is 16.4 Å². The first-order chi connectivity index (χ1) is 7.09. The van der Waals surface area contributed by atoms with Gasteiger partial charge in [-0.05, 0) is 17.7 Å². The van der Waals surface area contributed by atoms with E-state index in [0.29, 0.717) is 12.3 Å². The summed E-state index contributed by atoms with van der Waals surface area (Å²) in [5.41, 5.74) is 6.47. The first-order valence-electron chi connectivity index (χ1n) is 4.75. The molecule has 0 bridgehead atoms. The zero-order valence-corrected chi connectivity index (χ0v) is 9.03. The van der Waals surface area contributed by atoms with Gasteiger partial charge in [-0.15, -0.1) is 0 Å². The van der Waals surface area contributed by atoms with E-state index < -0.39 is 9.84 Å². The van der Waals surface area contributed by atoms with Crippen molar-refractivity contribution in [2.24, 2.45) is 5.73 Å². The molecule has 4 nitrogen and oxygen atoms in total. The van der Waals surface area contributed by atoms with Gasteiger partial charge in [0.2, 0.25) is 0 Å². The Morgan fingerprint density at radius 1 is 1.40 bits per heavy atom. The SMILES string of the molecule is NCc1cccc(OC2CS(=O)(=O)C2)c1. The van der Waals surface area contributed by atoms with Crippen molar-refractivity contribution in [2.75, 3.05) is 11.5 Å². The van der Waals surface area contributed by atoms with Gasteiger partial charge in [0.15, 0.2) is 9.84 Å². The lowest BCUT2D eigenvalue weighted by Crippen LogP contribution is -2.45. The molecule has 1 heterocycles. The highest BCUT2D eigenvalue weighted by molar-refractivity contribution is 7.92. The van der Waals surface area contributed by atoms with Crippen LogP contribution in [0, 0.1) is 0 Å². The molecular formula is C10H13NO3S. The minimum Gasteiger partial charge on any atom is -0.488 e. The van der Waals surface area contributed by atoms with Crippen LogP contribution in [0.4, 0.5) is 0 Å². The van der Waals surface area contributed by atoms with E-state index in [1.54, 1.807) is 0 Å². The van der Waals surface area contributed by atoms with Gasteiger partial charge in [0.25, 0.3) is 0 Å². The first-order valence-corrected chi connectivity index (χ1v) is 6.57. The van der Waals surface area contributed by atoms with Crippen LogP contribution < -0.4 is 10.5 Å². The van der Waals surface area contributed by atoms with Crippen molar-refractivity contribution in [3.05, 3.63) is 29.8 Å². The van der Waals surface area contributed by atoms with Crippen LogP contribution in [0.1, 0.15) is 5.56 Å². The second kappa shape index (κ2) is 3.83. The van der Waals surface area contributed by atoms with Gasteiger partial charge in [-0.25, -0.2) is 8.42 Å². The zero-order valence-electron chi connectivity index (χ0n) is 8.22. The fourth-order valence-electron chi connectivity index (χ4n) is 1.52. The second-order valence-corrected chi connectivity index (χ2v) is 5.82. The number of rotatable bonds is 3. The van der Waals surface area contributed by atoms with Crippen LogP contribution in [0.5, 0.6) is 5.75 Å². The van der Waals surface area contributed by atoms with Crippen LogP contribution in [0.3, 0.4) is 0 Å². The lowest BCUT2D eigenvalue weighted by Gasteiger charge is -2.26. The van der Waals surface area contributed by atoms with Crippen molar-refractivity contribution in [3.63, 3.8) is 0 Å². The van der Waals surface area contributed by atoms with Crippen LogP contribution in [0.15, 0.2) is 24.3 Å². The molecule has 1 aliphatic heterocycles. The molecule has 1 fully saturated rings. The summed E-state index contributed by atoms with van der Waals surface area (Å²) in [6.45, 7) is 0.458. The first kappa shape index (κ1) is 10.4. The van der Waals surface area contributed by atoms with Crippen molar-refractivity contribution in [1.82, 2.24) is 0 Å². The van der Waals surface area contributed by atoms with E-state index >= 15 is 0 Å². The Kier molecular flexibility index (Phi) is 2.67. The molecule has 5 heteroatoms. The summed E-state index contributed by atoms with van der Waals surface area (Å²) in [5.74, 6) is 0.942. The van der Waals surface area contributed by atoms with Crippen molar-refractivity contribution in [1.29, 1.82) is 0 Å². The van der Waals surface area contributed by atoms with Gasteiger partial charge in [-0.3, -0.25) is 0 Å². The summed E-state index contributed by atoms with van der Waals surface area (Å²) in [7, 11) is -2.82. The third-order valence-corrected chi connectivity index (χ3v) is 4.08. The highest BCUT2D eigenvalue weighted by Gasteiger charge is 2.35. The van der Waals surface area contributed by atoms with E-state index in [2.05, 4.69) is 0 Å². The average Bonchev–Trinajstić information content (AvgIpc) is 2.15. The van der Waals surface area contributed by atoms with Crippen LogP contribution in [0.25, 0.3) is 0 Å². The molecule has 1 aromatic rings. The monoisotopic (exact) mass is 227 g/mol. The number of benzene rings is 1. The molecule has 1 aromatic carbocycles. The molecule has 0 saturated carbocycles. The van der Waals surface area contributed by atoms with Crippen molar-refractivity contribution < 1.29 is 13.2 Å². The Bertz CT molecular complexity index is 443. The number of nitrogens with two attached hydrogens (primary N) is 1. The molecule has 15 heavy (non-hydrogen) atoms. The maximum atomic E-state index is 10.9. The van der Waals surface area contributed by atoms with Gasteiger partial charge in [0.1, 0.15) is 11.9 Å². The summed E-state index contributed by atoms with van der Waals surface area (Å²) in [6, 6.07) is 7.41. The quantitative estimate of drug-likeness (QED) is 0.807. The fourth-order valence-corrected chi connectivity index (χ4v) is 2.70. The summed E-state index contributed by atoms with van der Waals surface area (Å²) in [4.78, 5) is 0. The molecule has 1 aliphatic rings. The van der Waals surface area contributed by atoms with Gasteiger partial charge < -0.3 is 10.5 Å². The third-order valence-electron chi connectivity index (χ3n) is 2.32. The number of sulfone groups is 1. The maximum Gasteiger partial charge on any atom is 0.157 e. The van der Waals surface area contributed by atoms with E-state index in [4.69, 9.17) is 10.5 Å². The predicted octanol–water partition coefficient (Wildman–Crippen LogP) is 0.321. The van der Waals surface area contributed by atoms with Gasteiger partial charge in [-0.2, -0.15) is 0 Å². The topological polar surface area (TPSA) is 69.4 Å². The summed E-state index contributed by atoms with van der Waals surface area (Å²) in [5, 5.41) is 0. The number of hydrogen-bond donors (Lipinski definition) is 1. The van der Waals surface area contributed by atoms with Crippen molar-refractivity contribution >= 4 is 9.84 Å². The Labute approximate surface area is 89.0 Å². The summed E-state index contributed by atoms with van der Waals surface area (Å²) < 4.78 is 27.3. The smallest absolute Gasteiger partial charge is 0.157 e. The third kappa shape index (κ3) is 2.49. The molecule has 0 aliphatic carbocycles.